The predicted molar refractivity (Wildman–Crippen MR) is 81.1 cm³/mol. The van der Waals surface area contributed by atoms with E-state index in [-0.39, 0.29) is 5.91 Å². The van der Waals surface area contributed by atoms with Gasteiger partial charge in [-0.3, -0.25) is 9.69 Å². The van der Waals surface area contributed by atoms with Crippen LogP contribution in [0.5, 0.6) is 0 Å². The normalized spacial score (nSPS) is 15.9. The lowest BCUT2D eigenvalue weighted by Crippen LogP contribution is -2.48. The fourth-order valence-electron chi connectivity index (χ4n) is 2.26. The number of hydrogen-bond acceptors (Lipinski definition) is 4. The first-order valence-electron chi connectivity index (χ1n) is 6.55. The Bertz CT molecular complexity index is 532. The number of nitrogen functional groups attached to an aromatic ring is 1. The van der Waals surface area contributed by atoms with Gasteiger partial charge in [-0.05, 0) is 34.1 Å². The fourth-order valence-corrected chi connectivity index (χ4v) is 2.68. The number of benzene rings is 1. The molecule has 6 heteroatoms. The molecule has 20 heavy (non-hydrogen) atoms. The molecule has 1 fully saturated rings. The number of carbonyl (C=O) groups excluding carboxylic acids is 1. The number of nitriles is 1. The van der Waals surface area contributed by atoms with Gasteiger partial charge in [0.25, 0.3) is 5.91 Å². The molecule has 0 saturated carbocycles. The first-order chi connectivity index (χ1) is 9.61. The van der Waals surface area contributed by atoms with E-state index in [0.29, 0.717) is 30.8 Å². The van der Waals surface area contributed by atoms with Crippen molar-refractivity contribution < 1.29 is 4.79 Å². The molecule has 0 unspecified atom stereocenters. The van der Waals surface area contributed by atoms with Crippen LogP contribution in [0.25, 0.3) is 0 Å². The molecule has 1 aliphatic rings. The van der Waals surface area contributed by atoms with E-state index < -0.39 is 0 Å². The quantitative estimate of drug-likeness (QED) is 0.852. The van der Waals surface area contributed by atoms with Gasteiger partial charge in [0.05, 0.1) is 11.6 Å². The second-order valence-corrected chi connectivity index (χ2v) is 5.64. The van der Waals surface area contributed by atoms with Crippen LogP contribution in [-0.4, -0.2) is 48.4 Å². The summed E-state index contributed by atoms with van der Waals surface area (Å²) in [4.78, 5) is 16.5. The van der Waals surface area contributed by atoms with E-state index in [4.69, 9.17) is 11.0 Å². The maximum Gasteiger partial charge on any atom is 0.255 e. The first kappa shape index (κ1) is 14.8. The van der Waals surface area contributed by atoms with E-state index in [1.807, 2.05) is 4.90 Å². The Morgan fingerprint density at radius 2 is 2.05 bits per heavy atom. The third kappa shape index (κ3) is 3.50. The molecular formula is C14H17BrN4O. The zero-order chi connectivity index (χ0) is 14.5. The number of hydrogen-bond donors (Lipinski definition) is 1. The number of anilines is 1. The minimum Gasteiger partial charge on any atom is -0.399 e. The maximum absolute atomic E-state index is 12.5. The van der Waals surface area contributed by atoms with E-state index in [1.165, 1.54) is 0 Å². The molecule has 1 aliphatic heterocycles. The Labute approximate surface area is 127 Å². The van der Waals surface area contributed by atoms with E-state index >= 15 is 0 Å². The van der Waals surface area contributed by atoms with Gasteiger partial charge < -0.3 is 10.6 Å². The van der Waals surface area contributed by atoms with Gasteiger partial charge in [-0.1, -0.05) is 0 Å². The third-order valence-electron chi connectivity index (χ3n) is 3.42. The number of piperazine rings is 1. The van der Waals surface area contributed by atoms with Gasteiger partial charge in [0.15, 0.2) is 0 Å². The van der Waals surface area contributed by atoms with Crippen LogP contribution >= 0.6 is 15.9 Å². The number of rotatable bonds is 3. The lowest BCUT2D eigenvalue weighted by atomic mass is 10.1. The highest BCUT2D eigenvalue weighted by Gasteiger charge is 2.23. The topological polar surface area (TPSA) is 73.4 Å². The van der Waals surface area contributed by atoms with Crippen molar-refractivity contribution in [2.75, 3.05) is 38.5 Å². The SMILES string of the molecule is N#CCCN1CCN(C(=O)c2cc(N)ccc2Br)CC1. The molecule has 0 bridgehead atoms. The molecule has 0 radical (unpaired) electrons. The summed E-state index contributed by atoms with van der Waals surface area (Å²) in [6.45, 7) is 3.78. The minimum atomic E-state index is 0.00380. The molecule has 1 aromatic carbocycles. The monoisotopic (exact) mass is 336 g/mol. The first-order valence-corrected chi connectivity index (χ1v) is 7.34. The van der Waals surface area contributed by atoms with Crippen molar-refractivity contribution in [1.82, 2.24) is 9.80 Å². The summed E-state index contributed by atoms with van der Waals surface area (Å²) in [6.07, 6.45) is 0.536. The predicted octanol–water partition coefficient (Wildman–Crippen LogP) is 1.70. The van der Waals surface area contributed by atoms with Crippen molar-refractivity contribution in [3.8, 4) is 6.07 Å². The number of halogens is 1. The molecule has 2 rings (SSSR count). The summed E-state index contributed by atoms with van der Waals surface area (Å²) >= 11 is 3.39. The number of amides is 1. The molecule has 1 saturated heterocycles. The number of nitrogens with zero attached hydrogens (tertiary/aromatic N) is 3. The largest absolute Gasteiger partial charge is 0.399 e. The molecule has 106 valence electrons. The smallest absolute Gasteiger partial charge is 0.255 e. The second-order valence-electron chi connectivity index (χ2n) is 4.78. The molecule has 0 aromatic heterocycles. The minimum absolute atomic E-state index is 0.00380. The van der Waals surface area contributed by atoms with E-state index in [9.17, 15) is 4.79 Å². The number of carbonyl (C=O) groups is 1. The highest BCUT2D eigenvalue weighted by Crippen LogP contribution is 2.21. The van der Waals surface area contributed by atoms with Crippen molar-refractivity contribution >= 4 is 27.5 Å². The lowest BCUT2D eigenvalue weighted by Gasteiger charge is -2.34. The van der Waals surface area contributed by atoms with Gasteiger partial charge in [-0.25, -0.2) is 0 Å². The fraction of sp³-hybridized carbons (Fsp3) is 0.429. The summed E-state index contributed by atoms with van der Waals surface area (Å²) in [7, 11) is 0. The van der Waals surface area contributed by atoms with Gasteiger partial charge in [-0.2, -0.15) is 5.26 Å². The lowest BCUT2D eigenvalue weighted by molar-refractivity contribution is 0.0639. The molecular weight excluding hydrogens is 320 g/mol. The van der Waals surface area contributed by atoms with Crippen LogP contribution in [0, 0.1) is 11.3 Å². The van der Waals surface area contributed by atoms with Crippen molar-refractivity contribution in [2.24, 2.45) is 0 Å². The summed E-state index contributed by atoms with van der Waals surface area (Å²) < 4.78 is 0.767. The van der Waals surface area contributed by atoms with Gasteiger partial charge in [0.2, 0.25) is 0 Å². The molecule has 0 spiro atoms. The molecule has 1 heterocycles. The molecule has 5 nitrogen and oxygen atoms in total. The van der Waals surface area contributed by atoms with E-state index in [2.05, 4.69) is 26.9 Å². The molecule has 0 atom stereocenters. The van der Waals surface area contributed by atoms with Crippen LogP contribution in [-0.2, 0) is 0 Å². The van der Waals surface area contributed by atoms with Gasteiger partial charge in [0, 0.05) is 49.3 Å². The Balaban J connectivity index is 1.98. The Kier molecular flexibility index (Phi) is 4.99. The maximum atomic E-state index is 12.5. The summed E-state index contributed by atoms with van der Waals surface area (Å²) in [5.41, 5.74) is 6.94. The van der Waals surface area contributed by atoms with Gasteiger partial charge in [-0.15, -0.1) is 0 Å². The van der Waals surface area contributed by atoms with Crippen LogP contribution < -0.4 is 5.73 Å². The molecule has 1 aromatic rings. The summed E-state index contributed by atoms with van der Waals surface area (Å²) in [5.74, 6) is 0.00380. The Hall–Kier alpha value is -1.58. The van der Waals surface area contributed by atoms with Gasteiger partial charge in [0.1, 0.15) is 0 Å². The molecule has 1 amide bonds. The van der Waals surface area contributed by atoms with Crippen molar-refractivity contribution in [3.05, 3.63) is 28.2 Å². The molecule has 0 aliphatic carbocycles. The van der Waals surface area contributed by atoms with Crippen LogP contribution in [0.4, 0.5) is 5.69 Å². The van der Waals surface area contributed by atoms with Gasteiger partial charge >= 0.3 is 0 Å². The zero-order valence-electron chi connectivity index (χ0n) is 11.2. The van der Waals surface area contributed by atoms with E-state index in [0.717, 1.165) is 24.1 Å². The average Bonchev–Trinajstić information content (AvgIpc) is 2.47. The zero-order valence-corrected chi connectivity index (χ0v) is 12.8. The average molecular weight is 337 g/mol. The highest BCUT2D eigenvalue weighted by atomic mass is 79.9. The standard InChI is InChI=1S/C14H17BrN4O/c15-13-3-2-11(17)10-12(13)14(20)19-8-6-18(7-9-19)5-1-4-16/h2-3,10H,1,5-9,17H2. The molecule has 2 N–H and O–H groups in total. The van der Waals surface area contributed by atoms with Crippen molar-refractivity contribution in [1.29, 1.82) is 5.26 Å². The highest BCUT2D eigenvalue weighted by molar-refractivity contribution is 9.10. The van der Waals surface area contributed by atoms with Crippen LogP contribution in [0.3, 0.4) is 0 Å². The van der Waals surface area contributed by atoms with Crippen molar-refractivity contribution in [3.63, 3.8) is 0 Å². The van der Waals surface area contributed by atoms with Crippen LogP contribution in [0.15, 0.2) is 22.7 Å². The Morgan fingerprint density at radius 1 is 1.35 bits per heavy atom. The van der Waals surface area contributed by atoms with E-state index in [1.54, 1.807) is 18.2 Å². The van der Waals surface area contributed by atoms with Crippen LogP contribution in [0.2, 0.25) is 0 Å². The second kappa shape index (κ2) is 6.73. The number of nitrogens with two attached hydrogens (primary N) is 1. The Morgan fingerprint density at radius 3 is 2.70 bits per heavy atom. The van der Waals surface area contributed by atoms with Crippen LogP contribution in [0.1, 0.15) is 16.8 Å². The summed E-state index contributed by atoms with van der Waals surface area (Å²) in [5, 5.41) is 8.58. The van der Waals surface area contributed by atoms with Crippen molar-refractivity contribution in [2.45, 2.75) is 6.42 Å². The third-order valence-corrected chi connectivity index (χ3v) is 4.11. The summed E-state index contributed by atoms with van der Waals surface area (Å²) in [6, 6.07) is 7.41.